The first-order chi connectivity index (χ1) is 11.2. The van der Waals surface area contributed by atoms with E-state index in [1.54, 1.807) is 6.07 Å². The van der Waals surface area contributed by atoms with E-state index < -0.39 is 0 Å². The SMILES string of the molecule is O=C(c1cc(=O)c2ccccc2[nH]1)N1C[C@@H]2[C@H](C1)[C@H]1CC[C@@H]2O1. The Labute approximate surface area is 133 Å². The van der Waals surface area contributed by atoms with Crippen molar-refractivity contribution in [3.05, 3.63) is 46.2 Å². The Hall–Kier alpha value is -2.14. The van der Waals surface area contributed by atoms with Gasteiger partial charge in [-0.25, -0.2) is 0 Å². The molecule has 5 rings (SSSR count). The summed E-state index contributed by atoms with van der Waals surface area (Å²) < 4.78 is 5.95. The summed E-state index contributed by atoms with van der Waals surface area (Å²) in [5.41, 5.74) is 0.999. The van der Waals surface area contributed by atoms with Crippen molar-refractivity contribution >= 4 is 16.8 Å². The van der Waals surface area contributed by atoms with Crippen molar-refractivity contribution in [2.75, 3.05) is 13.1 Å². The van der Waals surface area contributed by atoms with Crippen LogP contribution in [0.4, 0.5) is 0 Å². The number of aromatic nitrogens is 1. The van der Waals surface area contributed by atoms with Crippen LogP contribution in [0.1, 0.15) is 23.3 Å². The van der Waals surface area contributed by atoms with E-state index in [2.05, 4.69) is 4.98 Å². The van der Waals surface area contributed by atoms with E-state index >= 15 is 0 Å². The number of aromatic amines is 1. The summed E-state index contributed by atoms with van der Waals surface area (Å²) in [5, 5.41) is 0.619. The zero-order valence-corrected chi connectivity index (χ0v) is 12.7. The van der Waals surface area contributed by atoms with Crippen molar-refractivity contribution in [3.63, 3.8) is 0 Å². The zero-order chi connectivity index (χ0) is 15.6. The number of carbonyl (C=O) groups is 1. The Morgan fingerprint density at radius 1 is 1.13 bits per heavy atom. The minimum absolute atomic E-state index is 0.0679. The number of likely N-dealkylation sites (tertiary alicyclic amines) is 1. The second kappa shape index (κ2) is 4.68. The normalized spacial score (nSPS) is 31.7. The smallest absolute Gasteiger partial charge is 0.270 e. The predicted molar refractivity (Wildman–Crippen MR) is 85.3 cm³/mol. The Morgan fingerprint density at radius 2 is 1.83 bits per heavy atom. The number of H-pyrrole nitrogens is 1. The van der Waals surface area contributed by atoms with Gasteiger partial charge < -0.3 is 14.6 Å². The molecule has 1 amide bonds. The molecule has 0 spiro atoms. The van der Waals surface area contributed by atoms with Crippen LogP contribution in [-0.4, -0.2) is 41.1 Å². The third-order valence-electron chi connectivity index (χ3n) is 5.71. The van der Waals surface area contributed by atoms with Gasteiger partial charge >= 0.3 is 0 Å². The number of pyridine rings is 1. The van der Waals surface area contributed by atoms with Crippen LogP contribution in [-0.2, 0) is 4.74 Å². The monoisotopic (exact) mass is 310 g/mol. The third-order valence-corrected chi connectivity index (χ3v) is 5.71. The lowest BCUT2D eigenvalue weighted by Crippen LogP contribution is -2.32. The number of nitrogens with zero attached hydrogens (tertiary/aromatic N) is 1. The minimum atomic E-state index is -0.106. The van der Waals surface area contributed by atoms with Gasteiger partial charge in [0.1, 0.15) is 5.69 Å². The molecule has 5 heteroatoms. The third kappa shape index (κ3) is 1.89. The first kappa shape index (κ1) is 13.3. The molecule has 0 aliphatic carbocycles. The van der Waals surface area contributed by atoms with Gasteiger partial charge in [0.05, 0.1) is 12.2 Å². The summed E-state index contributed by atoms with van der Waals surface area (Å²) in [7, 11) is 0. The summed E-state index contributed by atoms with van der Waals surface area (Å²) in [6.45, 7) is 1.50. The molecule has 0 saturated carbocycles. The maximum absolute atomic E-state index is 12.8. The molecular weight excluding hydrogens is 292 g/mol. The lowest BCUT2D eigenvalue weighted by Gasteiger charge is -2.19. The summed E-state index contributed by atoms with van der Waals surface area (Å²) in [5.74, 6) is 0.886. The number of rotatable bonds is 1. The summed E-state index contributed by atoms with van der Waals surface area (Å²) >= 11 is 0. The average Bonchev–Trinajstić information content (AvgIpc) is 3.26. The van der Waals surface area contributed by atoms with Crippen LogP contribution in [0.2, 0.25) is 0 Å². The van der Waals surface area contributed by atoms with Gasteiger partial charge in [0.25, 0.3) is 5.91 Å². The minimum Gasteiger partial charge on any atom is -0.374 e. The average molecular weight is 310 g/mol. The molecule has 23 heavy (non-hydrogen) atoms. The molecule has 0 radical (unpaired) electrons. The van der Waals surface area contributed by atoms with Crippen LogP contribution in [0.5, 0.6) is 0 Å². The fourth-order valence-corrected chi connectivity index (χ4v) is 4.61. The molecule has 1 aromatic heterocycles. The number of hydrogen-bond donors (Lipinski definition) is 1. The van der Waals surface area contributed by atoms with E-state index in [-0.39, 0.29) is 11.3 Å². The highest BCUT2D eigenvalue weighted by Crippen LogP contribution is 2.47. The van der Waals surface area contributed by atoms with Gasteiger partial charge in [-0.15, -0.1) is 0 Å². The number of benzene rings is 1. The van der Waals surface area contributed by atoms with E-state index in [0.717, 1.165) is 25.9 Å². The fourth-order valence-electron chi connectivity index (χ4n) is 4.61. The Bertz CT molecular complexity index is 841. The van der Waals surface area contributed by atoms with Crippen LogP contribution in [0.25, 0.3) is 10.9 Å². The van der Waals surface area contributed by atoms with Gasteiger partial charge in [0, 0.05) is 41.9 Å². The number of nitrogens with one attached hydrogen (secondary N) is 1. The highest BCUT2D eigenvalue weighted by atomic mass is 16.5. The van der Waals surface area contributed by atoms with Gasteiger partial charge in [-0.3, -0.25) is 9.59 Å². The summed E-state index contributed by atoms with van der Waals surface area (Å²) in [6, 6.07) is 8.74. The lowest BCUT2D eigenvalue weighted by molar-refractivity contribution is 0.0591. The van der Waals surface area contributed by atoms with Crippen molar-refractivity contribution < 1.29 is 9.53 Å². The number of amides is 1. The predicted octanol–water partition coefficient (Wildman–Crippen LogP) is 1.78. The standard InChI is InChI=1S/C18H18N2O3/c21-15-7-14(19-13-4-2-1-3-10(13)15)18(22)20-8-11-12(9-20)17-6-5-16(11)23-17/h1-4,7,11-12,16-17H,5-6,8-9H2,(H,19,21)/t11-,12+,16+,17-. The summed E-state index contributed by atoms with van der Waals surface area (Å²) in [4.78, 5) is 30.1. The van der Waals surface area contributed by atoms with Crippen molar-refractivity contribution in [1.29, 1.82) is 0 Å². The topological polar surface area (TPSA) is 62.4 Å². The largest absolute Gasteiger partial charge is 0.374 e. The highest BCUT2D eigenvalue weighted by Gasteiger charge is 2.53. The molecule has 4 atom stereocenters. The molecule has 118 valence electrons. The van der Waals surface area contributed by atoms with Gasteiger partial charge in [-0.05, 0) is 25.0 Å². The van der Waals surface area contributed by atoms with E-state index in [9.17, 15) is 9.59 Å². The number of para-hydroxylation sites is 1. The number of ether oxygens (including phenoxy) is 1. The van der Waals surface area contributed by atoms with E-state index in [1.165, 1.54) is 6.07 Å². The first-order valence-corrected chi connectivity index (χ1v) is 8.27. The number of fused-ring (bicyclic) bond motifs is 6. The first-order valence-electron chi connectivity index (χ1n) is 8.27. The highest BCUT2D eigenvalue weighted by molar-refractivity contribution is 5.95. The van der Waals surface area contributed by atoms with Gasteiger partial charge in [0.15, 0.2) is 5.43 Å². The molecule has 3 aliphatic heterocycles. The van der Waals surface area contributed by atoms with Gasteiger partial charge in [-0.1, -0.05) is 12.1 Å². The van der Waals surface area contributed by atoms with Crippen LogP contribution in [0.3, 0.4) is 0 Å². The Morgan fingerprint density at radius 3 is 2.57 bits per heavy atom. The second-order valence-electron chi connectivity index (χ2n) is 6.92. The van der Waals surface area contributed by atoms with Crippen LogP contribution < -0.4 is 5.43 Å². The van der Waals surface area contributed by atoms with Gasteiger partial charge in [-0.2, -0.15) is 0 Å². The van der Waals surface area contributed by atoms with E-state index in [1.807, 2.05) is 23.1 Å². The van der Waals surface area contributed by atoms with Crippen molar-refractivity contribution in [2.24, 2.45) is 11.8 Å². The zero-order valence-electron chi connectivity index (χ0n) is 12.7. The molecule has 1 N–H and O–H groups in total. The Balaban J connectivity index is 1.46. The Kier molecular flexibility index (Phi) is 2.71. The number of carbonyl (C=O) groups excluding carboxylic acids is 1. The van der Waals surface area contributed by atoms with Crippen molar-refractivity contribution in [2.45, 2.75) is 25.0 Å². The molecule has 3 aliphatic rings. The maximum Gasteiger partial charge on any atom is 0.270 e. The molecule has 1 aromatic carbocycles. The fraction of sp³-hybridized carbons (Fsp3) is 0.444. The van der Waals surface area contributed by atoms with Crippen LogP contribution in [0, 0.1) is 11.8 Å². The maximum atomic E-state index is 12.8. The molecule has 3 fully saturated rings. The van der Waals surface area contributed by atoms with Crippen molar-refractivity contribution in [1.82, 2.24) is 9.88 Å². The molecule has 4 heterocycles. The van der Waals surface area contributed by atoms with Gasteiger partial charge in [0.2, 0.25) is 0 Å². The van der Waals surface area contributed by atoms with Crippen LogP contribution in [0.15, 0.2) is 35.1 Å². The molecule has 0 unspecified atom stereocenters. The summed E-state index contributed by atoms with van der Waals surface area (Å²) in [6.07, 6.45) is 2.92. The molecule has 5 nitrogen and oxygen atoms in total. The quantitative estimate of drug-likeness (QED) is 0.873. The van der Waals surface area contributed by atoms with E-state index in [0.29, 0.717) is 40.6 Å². The van der Waals surface area contributed by atoms with E-state index in [4.69, 9.17) is 4.74 Å². The molecule has 2 bridgehead atoms. The van der Waals surface area contributed by atoms with Crippen molar-refractivity contribution in [3.8, 4) is 0 Å². The second-order valence-corrected chi connectivity index (χ2v) is 6.92. The number of hydrogen-bond acceptors (Lipinski definition) is 3. The van der Waals surface area contributed by atoms with Crippen LogP contribution >= 0.6 is 0 Å². The molecule has 2 aromatic rings. The molecular formula is C18H18N2O3. The lowest BCUT2D eigenvalue weighted by atomic mass is 9.82. The molecule has 3 saturated heterocycles.